The molecule has 122 valence electrons. The van der Waals surface area contributed by atoms with Gasteiger partial charge in [0.25, 0.3) is 0 Å². The van der Waals surface area contributed by atoms with Crippen molar-refractivity contribution in [1.82, 2.24) is 15.1 Å². The van der Waals surface area contributed by atoms with Crippen LogP contribution in [0.5, 0.6) is 0 Å². The number of anilines is 1. The molecule has 0 fully saturated rings. The van der Waals surface area contributed by atoms with Crippen LogP contribution in [-0.2, 0) is 6.42 Å². The molecular weight excluding hydrogens is 324 g/mol. The second-order valence-corrected chi connectivity index (χ2v) is 5.69. The molecule has 1 aromatic heterocycles. The lowest BCUT2D eigenvalue weighted by Crippen LogP contribution is -2.30. The Bertz CT molecular complexity index is 800. The van der Waals surface area contributed by atoms with E-state index in [9.17, 15) is 4.79 Å². The van der Waals surface area contributed by atoms with E-state index in [0.717, 1.165) is 17.7 Å². The van der Waals surface area contributed by atoms with Crippen LogP contribution in [0.1, 0.15) is 5.56 Å². The van der Waals surface area contributed by atoms with Crippen molar-refractivity contribution in [3.05, 3.63) is 77.6 Å². The van der Waals surface area contributed by atoms with Crippen molar-refractivity contribution in [2.45, 2.75) is 6.42 Å². The normalized spacial score (nSPS) is 10.4. The van der Waals surface area contributed by atoms with E-state index < -0.39 is 0 Å². The number of nitrogens with zero attached hydrogens (tertiary/aromatic N) is 2. The molecule has 0 spiro atoms. The molecule has 0 aliphatic carbocycles. The highest BCUT2D eigenvalue weighted by atomic mass is 35.5. The van der Waals surface area contributed by atoms with E-state index in [-0.39, 0.29) is 6.03 Å². The third-order valence-electron chi connectivity index (χ3n) is 3.49. The number of hydrogen-bond donors (Lipinski definition) is 2. The van der Waals surface area contributed by atoms with Gasteiger partial charge in [0.05, 0.1) is 5.69 Å². The standard InChI is InChI=1S/C18H17ClN4O/c19-15-3-1-4-16(13-15)22-18(24)20-11-9-14-5-7-17(8-6-14)23-12-2-10-21-23/h1-8,10,12-13H,9,11H2,(H2,20,22,24). The Morgan fingerprint density at radius 2 is 1.96 bits per heavy atom. The van der Waals surface area contributed by atoms with E-state index in [0.29, 0.717) is 17.3 Å². The predicted octanol–water partition coefficient (Wildman–Crippen LogP) is 3.89. The second kappa shape index (κ2) is 7.66. The number of hydrogen-bond acceptors (Lipinski definition) is 2. The number of rotatable bonds is 5. The van der Waals surface area contributed by atoms with E-state index in [1.807, 2.05) is 36.5 Å². The lowest BCUT2D eigenvalue weighted by molar-refractivity contribution is 0.252. The molecule has 6 heteroatoms. The molecule has 2 N–H and O–H groups in total. The fraction of sp³-hybridized carbons (Fsp3) is 0.111. The Labute approximate surface area is 145 Å². The molecular formula is C18H17ClN4O. The van der Waals surface area contributed by atoms with Crippen molar-refractivity contribution in [1.29, 1.82) is 0 Å². The summed E-state index contributed by atoms with van der Waals surface area (Å²) in [6.45, 7) is 0.549. The van der Waals surface area contributed by atoms with Gasteiger partial charge < -0.3 is 10.6 Å². The van der Waals surface area contributed by atoms with Gasteiger partial charge in [0.15, 0.2) is 0 Å². The molecule has 0 bridgehead atoms. The molecule has 5 nitrogen and oxygen atoms in total. The number of nitrogens with one attached hydrogen (secondary N) is 2. The van der Waals surface area contributed by atoms with Gasteiger partial charge in [-0.15, -0.1) is 0 Å². The number of amides is 2. The Morgan fingerprint density at radius 1 is 1.12 bits per heavy atom. The molecule has 0 saturated heterocycles. The van der Waals surface area contributed by atoms with Gasteiger partial charge in [-0.25, -0.2) is 9.48 Å². The van der Waals surface area contributed by atoms with Crippen LogP contribution in [0.15, 0.2) is 67.0 Å². The zero-order valence-electron chi connectivity index (χ0n) is 12.9. The first kappa shape index (κ1) is 16.1. The van der Waals surface area contributed by atoms with Gasteiger partial charge in [0.2, 0.25) is 0 Å². The van der Waals surface area contributed by atoms with Gasteiger partial charge >= 0.3 is 6.03 Å². The highest BCUT2D eigenvalue weighted by Gasteiger charge is 2.02. The summed E-state index contributed by atoms with van der Waals surface area (Å²) in [4.78, 5) is 11.8. The van der Waals surface area contributed by atoms with Gasteiger partial charge in [-0.05, 0) is 48.4 Å². The SMILES string of the molecule is O=C(NCCc1ccc(-n2cccn2)cc1)Nc1cccc(Cl)c1. The molecule has 1 heterocycles. The van der Waals surface area contributed by atoms with Crippen LogP contribution in [0.2, 0.25) is 5.02 Å². The Morgan fingerprint density at radius 3 is 2.67 bits per heavy atom. The topological polar surface area (TPSA) is 59.0 Å². The van der Waals surface area contributed by atoms with Crippen LogP contribution in [0.25, 0.3) is 5.69 Å². The zero-order valence-corrected chi connectivity index (χ0v) is 13.7. The van der Waals surface area contributed by atoms with Crippen molar-refractivity contribution < 1.29 is 4.79 Å². The molecule has 0 saturated carbocycles. The molecule has 0 atom stereocenters. The first-order valence-corrected chi connectivity index (χ1v) is 7.98. The molecule has 2 aromatic carbocycles. The lowest BCUT2D eigenvalue weighted by Gasteiger charge is -2.08. The monoisotopic (exact) mass is 340 g/mol. The predicted molar refractivity (Wildman–Crippen MR) is 95.7 cm³/mol. The minimum atomic E-state index is -0.245. The molecule has 0 radical (unpaired) electrons. The fourth-order valence-electron chi connectivity index (χ4n) is 2.30. The molecule has 3 rings (SSSR count). The summed E-state index contributed by atoms with van der Waals surface area (Å²) in [5.41, 5.74) is 2.83. The Balaban J connectivity index is 1.47. The van der Waals surface area contributed by atoms with E-state index >= 15 is 0 Å². The van der Waals surface area contributed by atoms with Gasteiger partial charge in [0, 0.05) is 29.6 Å². The van der Waals surface area contributed by atoms with Gasteiger partial charge in [-0.3, -0.25) is 0 Å². The van der Waals surface area contributed by atoms with Crippen molar-refractivity contribution in [3.63, 3.8) is 0 Å². The maximum Gasteiger partial charge on any atom is 0.319 e. The highest BCUT2D eigenvalue weighted by Crippen LogP contribution is 2.14. The first-order chi connectivity index (χ1) is 11.7. The summed E-state index contributed by atoms with van der Waals surface area (Å²) >= 11 is 5.88. The van der Waals surface area contributed by atoms with Crippen LogP contribution in [0.3, 0.4) is 0 Å². The van der Waals surface area contributed by atoms with Crippen LogP contribution in [0.4, 0.5) is 10.5 Å². The molecule has 0 aliphatic rings. The second-order valence-electron chi connectivity index (χ2n) is 5.26. The number of urea groups is 1. The van der Waals surface area contributed by atoms with E-state index in [1.54, 1.807) is 35.1 Å². The molecule has 2 amide bonds. The van der Waals surface area contributed by atoms with Gasteiger partial charge in [0.1, 0.15) is 0 Å². The summed E-state index contributed by atoms with van der Waals surface area (Å²) < 4.78 is 1.81. The third kappa shape index (κ3) is 4.36. The van der Waals surface area contributed by atoms with Crippen molar-refractivity contribution in [2.75, 3.05) is 11.9 Å². The average molecular weight is 341 g/mol. The van der Waals surface area contributed by atoms with Gasteiger partial charge in [-0.1, -0.05) is 29.8 Å². The molecule has 24 heavy (non-hydrogen) atoms. The molecule has 0 aliphatic heterocycles. The number of carbonyl (C=O) groups is 1. The molecule has 0 unspecified atom stereocenters. The van der Waals surface area contributed by atoms with E-state index in [2.05, 4.69) is 15.7 Å². The smallest absolute Gasteiger partial charge is 0.319 e. The van der Waals surface area contributed by atoms with Crippen LogP contribution < -0.4 is 10.6 Å². The van der Waals surface area contributed by atoms with Crippen LogP contribution >= 0.6 is 11.6 Å². The van der Waals surface area contributed by atoms with Crippen LogP contribution in [0, 0.1) is 0 Å². The quantitative estimate of drug-likeness (QED) is 0.740. The lowest BCUT2D eigenvalue weighted by atomic mass is 10.1. The summed E-state index contributed by atoms with van der Waals surface area (Å²) in [6, 6.07) is 16.8. The summed E-state index contributed by atoms with van der Waals surface area (Å²) in [5.74, 6) is 0. The number of carbonyl (C=O) groups excluding carboxylic acids is 1. The Kier molecular flexibility index (Phi) is 5.13. The van der Waals surface area contributed by atoms with Crippen LogP contribution in [-0.4, -0.2) is 22.4 Å². The summed E-state index contributed by atoms with van der Waals surface area (Å²) in [5, 5.41) is 10.4. The average Bonchev–Trinajstić information content (AvgIpc) is 3.10. The number of benzene rings is 2. The summed E-state index contributed by atoms with van der Waals surface area (Å²) in [7, 11) is 0. The molecule has 3 aromatic rings. The largest absolute Gasteiger partial charge is 0.338 e. The maximum absolute atomic E-state index is 11.8. The minimum absolute atomic E-state index is 0.245. The number of aromatic nitrogens is 2. The number of halogens is 1. The third-order valence-corrected chi connectivity index (χ3v) is 3.72. The zero-order chi connectivity index (χ0) is 16.8. The summed E-state index contributed by atoms with van der Waals surface area (Å²) in [6.07, 6.45) is 4.40. The van der Waals surface area contributed by atoms with Gasteiger partial charge in [-0.2, -0.15) is 5.10 Å². The van der Waals surface area contributed by atoms with Crippen molar-refractivity contribution in [2.24, 2.45) is 0 Å². The Hall–Kier alpha value is -2.79. The minimum Gasteiger partial charge on any atom is -0.338 e. The fourth-order valence-corrected chi connectivity index (χ4v) is 2.49. The highest BCUT2D eigenvalue weighted by molar-refractivity contribution is 6.30. The van der Waals surface area contributed by atoms with E-state index in [1.165, 1.54) is 0 Å². The van der Waals surface area contributed by atoms with E-state index in [4.69, 9.17) is 11.6 Å². The van der Waals surface area contributed by atoms with Crippen molar-refractivity contribution in [3.8, 4) is 5.69 Å². The van der Waals surface area contributed by atoms with Crippen molar-refractivity contribution >= 4 is 23.3 Å². The first-order valence-electron chi connectivity index (χ1n) is 7.60. The maximum atomic E-state index is 11.8.